The fourth-order valence-corrected chi connectivity index (χ4v) is 4.84. The first-order chi connectivity index (χ1) is 15.6. The van der Waals surface area contributed by atoms with Crippen LogP contribution < -0.4 is 4.18 Å². The molecule has 1 aliphatic carbocycles. The van der Waals surface area contributed by atoms with Crippen LogP contribution in [0, 0.1) is 11.8 Å². The van der Waals surface area contributed by atoms with Crippen LogP contribution in [0.1, 0.15) is 70.3 Å². The number of ketones is 1. The minimum absolute atomic E-state index is 0.0601. The number of benzene rings is 1. The molecule has 2 N–H and O–H groups in total. The van der Waals surface area contributed by atoms with Crippen molar-refractivity contribution >= 4 is 37.8 Å². The zero-order valence-electron chi connectivity index (χ0n) is 20.0. The van der Waals surface area contributed by atoms with Crippen molar-refractivity contribution in [1.82, 2.24) is 0 Å². The molecule has 0 aliphatic heterocycles. The van der Waals surface area contributed by atoms with Gasteiger partial charge in [0.25, 0.3) is 0 Å². The maximum atomic E-state index is 13.2. The van der Waals surface area contributed by atoms with Crippen LogP contribution in [-0.2, 0) is 25.3 Å². The van der Waals surface area contributed by atoms with Gasteiger partial charge in [-0.1, -0.05) is 20.8 Å². The van der Waals surface area contributed by atoms with Crippen LogP contribution in [0.2, 0.25) is 0 Å². The van der Waals surface area contributed by atoms with Gasteiger partial charge >= 0.3 is 21.6 Å². The number of carbonyl (C=O) groups is 2. The second-order valence-electron chi connectivity index (χ2n) is 9.96. The SMILES string of the molecule is CC(C)CC[C@@]1(O)c2cc(OS(=O)(=O)C(F)(F)F)c(Br)cc2C(=O)[C@H](C)[C@]1(O)C(=O)OC(C)(C)C. The molecule has 0 saturated carbocycles. The van der Waals surface area contributed by atoms with Crippen molar-refractivity contribution in [2.24, 2.45) is 11.8 Å². The molecular weight excluding hydrogens is 561 g/mol. The second kappa shape index (κ2) is 9.31. The molecule has 198 valence electrons. The predicted molar refractivity (Wildman–Crippen MR) is 122 cm³/mol. The molecule has 0 saturated heterocycles. The summed E-state index contributed by atoms with van der Waals surface area (Å²) in [6.07, 6.45) is -0.0901. The number of ether oxygens (including phenoxy) is 1. The molecule has 0 unspecified atom stereocenters. The fourth-order valence-electron chi connectivity index (χ4n) is 3.84. The van der Waals surface area contributed by atoms with Gasteiger partial charge in [-0.05, 0) is 67.6 Å². The van der Waals surface area contributed by atoms with E-state index >= 15 is 0 Å². The average Bonchev–Trinajstić information content (AvgIpc) is 2.68. The highest BCUT2D eigenvalue weighted by Crippen LogP contribution is 2.52. The first-order valence-corrected chi connectivity index (χ1v) is 12.9. The van der Waals surface area contributed by atoms with E-state index in [1.807, 2.05) is 0 Å². The average molecular weight is 589 g/mol. The Morgan fingerprint density at radius 1 is 1.20 bits per heavy atom. The highest BCUT2D eigenvalue weighted by Gasteiger charge is 2.66. The number of Topliss-reactive ketones (excluding diaryl/α,β-unsaturated/α-hetero) is 1. The van der Waals surface area contributed by atoms with Crippen molar-refractivity contribution in [3.63, 3.8) is 0 Å². The lowest BCUT2D eigenvalue weighted by Gasteiger charge is -2.49. The van der Waals surface area contributed by atoms with Crippen LogP contribution >= 0.6 is 15.9 Å². The van der Waals surface area contributed by atoms with Gasteiger partial charge in [0.05, 0.1) is 10.4 Å². The number of esters is 1. The largest absolute Gasteiger partial charge is 0.534 e. The monoisotopic (exact) mass is 588 g/mol. The molecule has 1 aliphatic rings. The lowest BCUT2D eigenvalue weighted by Crippen LogP contribution is -2.66. The Kier molecular flexibility index (Phi) is 7.86. The summed E-state index contributed by atoms with van der Waals surface area (Å²) in [6, 6.07) is 1.70. The molecule has 0 amide bonds. The molecule has 2 rings (SSSR count). The van der Waals surface area contributed by atoms with Gasteiger partial charge in [-0.3, -0.25) is 4.79 Å². The van der Waals surface area contributed by atoms with E-state index in [0.717, 1.165) is 6.07 Å². The van der Waals surface area contributed by atoms with E-state index in [4.69, 9.17) is 4.74 Å². The molecule has 1 aromatic carbocycles. The molecule has 0 bridgehead atoms. The van der Waals surface area contributed by atoms with E-state index in [-0.39, 0.29) is 28.8 Å². The number of rotatable bonds is 6. The molecule has 0 fully saturated rings. The summed E-state index contributed by atoms with van der Waals surface area (Å²) in [6.45, 7) is 9.34. The van der Waals surface area contributed by atoms with E-state index in [2.05, 4.69) is 20.1 Å². The van der Waals surface area contributed by atoms with Gasteiger partial charge < -0.3 is 19.1 Å². The molecule has 1 aromatic rings. The van der Waals surface area contributed by atoms with Crippen LogP contribution in [0.3, 0.4) is 0 Å². The number of hydrogen-bond acceptors (Lipinski definition) is 8. The Bertz CT molecular complexity index is 1130. The Labute approximate surface area is 210 Å². The summed E-state index contributed by atoms with van der Waals surface area (Å²) in [5.74, 6) is -4.59. The molecular formula is C22H28BrF3O8S. The summed E-state index contributed by atoms with van der Waals surface area (Å²) in [5, 5.41) is 23.5. The lowest BCUT2D eigenvalue weighted by atomic mass is 9.60. The molecule has 3 atom stereocenters. The van der Waals surface area contributed by atoms with Gasteiger partial charge in [-0.2, -0.15) is 21.6 Å². The van der Waals surface area contributed by atoms with Crippen LogP contribution in [0.15, 0.2) is 16.6 Å². The van der Waals surface area contributed by atoms with E-state index < -0.39 is 61.4 Å². The summed E-state index contributed by atoms with van der Waals surface area (Å²) < 4.78 is 71.2. The Morgan fingerprint density at radius 3 is 2.20 bits per heavy atom. The third-order valence-electron chi connectivity index (χ3n) is 5.71. The van der Waals surface area contributed by atoms with E-state index in [0.29, 0.717) is 6.07 Å². The van der Waals surface area contributed by atoms with Crippen LogP contribution in [0.4, 0.5) is 13.2 Å². The molecule has 0 aromatic heterocycles. The number of alkyl halides is 3. The Balaban J connectivity index is 2.84. The number of halogens is 4. The number of carbonyl (C=O) groups excluding carboxylic acids is 2. The van der Waals surface area contributed by atoms with Crippen LogP contribution in [0.5, 0.6) is 5.75 Å². The normalized spacial score (nSPS) is 25.4. The standard InChI is InChI=1S/C22H28BrF3O8S/c1-11(2)7-8-20(29)14-10-16(34-35(31,32)22(24,25)26)15(23)9-13(14)17(27)12(3)21(20,30)18(28)33-19(4,5)6/h9-12,29-30H,7-8H2,1-6H3/t12-,20+,21-/m0/s1. The molecule has 0 heterocycles. The highest BCUT2D eigenvalue weighted by atomic mass is 79.9. The third-order valence-corrected chi connectivity index (χ3v) is 7.30. The molecule has 8 nitrogen and oxygen atoms in total. The lowest BCUT2D eigenvalue weighted by molar-refractivity contribution is -0.223. The van der Waals surface area contributed by atoms with E-state index in [9.17, 15) is 41.4 Å². The zero-order valence-corrected chi connectivity index (χ0v) is 22.4. The van der Waals surface area contributed by atoms with Crippen LogP contribution in [0.25, 0.3) is 0 Å². The maximum Gasteiger partial charge on any atom is 0.534 e. The molecule has 0 spiro atoms. The van der Waals surface area contributed by atoms with Crippen molar-refractivity contribution in [2.45, 2.75) is 76.7 Å². The zero-order chi connectivity index (χ0) is 27.4. The second-order valence-corrected chi connectivity index (χ2v) is 12.4. The minimum Gasteiger partial charge on any atom is -0.458 e. The highest BCUT2D eigenvalue weighted by molar-refractivity contribution is 9.10. The first-order valence-electron chi connectivity index (χ1n) is 10.7. The van der Waals surface area contributed by atoms with Crippen molar-refractivity contribution < 1.29 is 50.3 Å². The summed E-state index contributed by atoms with van der Waals surface area (Å²) in [4.78, 5) is 26.4. The number of hydrogen-bond donors (Lipinski definition) is 2. The van der Waals surface area contributed by atoms with Gasteiger partial charge in [-0.25, -0.2) is 4.79 Å². The predicted octanol–water partition coefficient (Wildman–Crippen LogP) is 4.21. The van der Waals surface area contributed by atoms with Crippen LogP contribution in [-0.4, -0.2) is 47.1 Å². The quantitative estimate of drug-likeness (QED) is 0.287. The summed E-state index contributed by atoms with van der Waals surface area (Å²) >= 11 is 2.89. The van der Waals surface area contributed by atoms with E-state index in [1.54, 1.807) is 13.8 Å². The summed E-state index contributed by atoms with van der Waals surface area (Å²) in [5.41, 5.74) is -12.9. The van der Waals surface area contributed by atoms with Gasteiger partial charge in [0.2, 0.25) is 5.60 Å². The topological polar surface area (TPSA) is 127 Å². The summed E-state index contributed by atoms with van der Waals surface area (Å²) in [7, 11) is -6.11. The van der Waals surface area contributed by atoms with Gasteiger partial charge in [0.1, 0.15) is 11.2 Å². The smallest absolute Gasteiger partial charge is 0.458 e. The molecule has 35 heavy (non-hydrogen) atoms. The fraction of sp³-hybridized carbons (Fsp3) is 0.636. The van der Waals surface area contributed by atoms with E-state index in [1.165, 1.54) is 27.7 Å². The van der Waals surface area contributed by atoms with Crippen molar-refractivity contribution in [1.29, 1.82) is 0 Å². The minimum atomic E-state index is -6.11. The third kappa shape index (κ3) is 5.37. The number of fused-ring (bicyclic) bond motifs is 1. The molecule has 13 heteroatoms. The first kappa shape index (κ1) is 29.5. The van der Waals surface area contributed by atoms with Crippen molar-refractivity contribution in [3.8, 4) is 5.75 Å². The number of aliphatic hydroxyl groups is 2. The van der Waals surface area contributed by atoms with Crippen molar-refractivity contribution in [2.75, 3.05) is 0 Å². The van der Waals surface area contributed by atoms with Gasteiger partial charge in [0.15, 0.2) is 11.5 Å². The van der Waals surface area contributed by atoms with Gasteiger partial charge in [0, 0.05) is 11.1 Å². The maximum absolute atomic E-state index is 13.2. The van der Waals surface area contributed by atoms with Gasteiger partial charge in [-0.15, -0.1) is 0 Å². The van der Waals surface area contributed by atoms with Crippen molar-refractivity contribution in [3.05, 3.63) is 27.7 Å². The Morgan fingerprint density at radius 2 is 1.74 bits per heavy atom. The molecule has 0 radical (unpaired) electrons. The Hall–Kier alpha value is -1.70.